The summed E-state index contributed by atoms with van der Waals surface area (Å²) in [4.78, 5) is 19.1. The second-order valence-corrected chi connectivity index (χ2v) is 10.8. The van der Waals surface area contributed by atoms with Gasteiger partial charge in [0.25, 0.3) is 15.9 Å². The molecular formula is C19H20N4O4S3. The summed E-state index contributed by atoms with van der Waals surface area (Å²) in [5.41, 5.74) is 1.30. The van der Waals surface area contributed by atoms with Gasteiger partial charge in [0.05, 0.1) is 11.3 Å². The van der Waals surface area contributed by atoms with Gasteiger partial charge < -0.3 is 9.42 Å². The van der Waals surface area contributed by atoms with Gasteiger partial charge in [0.15, 0.2) is 0 Å². The number of aromatic nitrogens is 2. The van der Waals surface area contributed by atoms with Gasteiger partial charge >= 0.3 is 0 Å². The van der Waals surface area contributed by atoms with Gasteiger partial charge in [-0.15, -0.1) is 11.3 Å². The Hall–Kier alpha value is -2.21. The first-order valence-electron chi connectivity index (χ1n) is 9.28. The molecule has 8 nitrogen and oxygen atoms in total. The van der Waals surface area contributed by atoms with Crippen LogP contribution in [0.4, 0.5) is 0 Å². The van der Waals surface area contributed by atoms with Crippen LogP contribution in [0.5, 0.6) is 0 Å². The molecule has 3 aromatic heterocycles. The average Bonchev–Trinajstić information content (AvgIpc) is 3.44. The van der Waals surface area contributed by atoms with Gasteiger partial charge in [-0.1, -0.05) is 23.0 Å². The van der Waals surface area contributed by atoms with Gasteiger partial charge in [-0.05, 0) is 30.5 Å². The number of aryl methyl sites for hydroxylation is 1. The number of hydrogen-bond donors (Lipinski definition) is 0. The highest BCUT2D eigenvalue weighted by Crippen LogP contribution is 2.26. The van der Waals surface area contributed by atoms with Gasteiger partial charge in [0, 0.05) is 44.2 Å². The van der Waals surface area contributed by atoms with Crippen LogP contribution >= 0.6 is 23.1 Å². The van der Waals surface area contributed by atoms with Crippen LogP contribution in [0.3, 0.4) is 0 Å². The molecule has 11 heteroatoms. The molecule has 1 saturated heterocycles. The Bertz CT molecular complexity index is 1120. The van der Waals surface area contributed by atoms with E-state index in [2.05, 4.69) is 10.1 Å². The molecule has 0 radical (unpaired) electrons. The fraction of sp³-hybridized carbons (Fsp3) is 0.316. The van der Waals surface area contributed by atoms with E-state index in [-0.39, 0.29) is 19.0 Å². The standard InChI is InChI=1S/C19H20N4O4S3/c1-14-12-15(21-27-14)13-29-18-16(4-2-6-20-18)19(24)22-7-9-23(10-8-22)30(25,26)17-5-3-11-28-17/h2-6,11-12H,7-10,13H2,1H3. The molecular weight excluding hydrogens is 444 g/mol. The Labute approximate surface area is 182 Å². The Morgan fingerprint density at radius 2 is 2.03 bits per heavy atom. The molecule has 4 rings (SSSR count). The monoisotopic (exact) mass is 464 g/mol. The minimum atomic E-state index is -3.50. The van der Waals surface area contributed by atoms with Gasteiger partial charge in [0.1, 0.15) is 15.0 Å². The molecule has 0 unspecified atom stereocenters. The summed E-state index contributed by atoms with van der Waals surface area (Å²) in [6.07, 6.45) is 1.65. The van der Waals surface area contributed by atoms with Crippen molar-refractivity contribution in [2.75, 3.05) is 26.2 Å². The first-order valence-corrected chi connectivity index (χ1v) is 12.6. The Morgan fingerprint density at radius 1 is 1.23 bits per heavy atom. The number of thiophene rings is 1. The van der Waals surface area contributed by atoms with Crippen molar-refractivity contribution >= 4 is 39.0 Å². The Morgan fingerprint density at radius 3 is 2.70 bits per heavy atom. The van der Waals surface area contributed by atoms with Crippen molar-refractivity contribution < 1.29 is 17.7 Å². The van der Waals surface area contributed by atoms with Crippen LogP contribution < -0.4 is 0 Å². The zero-order chi connectivity index (χ0) is 21.1. The van der Waals surface area contributed by atoms with E-state index in [1.165, 1.54) is 27.4 Å². The van der Waals surface area contributed by atoms with E-state index in [4.69, 9.17) is 4.52 Å². The third kappa shape index (κ3) is 4.43. The predicted molar refractivity (Wildman–Crippen MR) is 114 cm³/mol. The quantitative estimate of drug-likeness (QED) is 0.518. The Balaban J connectivity index is 1.42. The van der Waals surface area contributed by atoms with Crippen molar-refractivity contribution in [2.45, 2.75) is 21.9 Å². The molecule has 0 aliphatic carbocycles. The number of carbonyl (C=O) groups is 1. The summed E-state index contributed by atoms with van der Waals surface area (Å²) >= 11 is 2.62. The molecule has 30 heavy (non-hydrogen) atoms. The van der Waals surface area contributed by atoms with E-state index in [0.29, 0.717) is 33.6 Å². The number of nitrogens with zero attached hydrogens (tertiary/aromatic N) is 4. The van der Waals surface area contributed by atoms with Crippen molar-refractivity contribution in [3.8, 4) is 0 Å². The number of amides is 1. The van der Waals surface area contributed by atoms with Crippen LogP contribution in [0.25, 0.3) is 0 Å². The van der Waals surface area contributed by atoms with Gasteiger partial charge in [-0.2, -0.15) is 4.31 Å². The lowest BCUT2D eigenvalue weighted by Crippen LogP contribution is -2.50. The minimum Gasteiger partial charge on any atom is -0.361 e. The summed E-state index contributed by atoms with van der Waals surface area (Å²) in [5.74, 6) is 1.13. The number of hydrogen-bond acceptors (Lipinski definition) is 8. The molecule has 1 aliphatic rings. The number of sulfonamides is 1. The van der Waals surface area contributed by atoms with E-state index >= 15 is 0 Å². The van der Waals surface area contributed by atoms with Crippen LogP contribution in [0.2, 0.25) is 0 Å². The molecule has 0 spiro atoms. The highest BCUT2D eigenvalue weighted by atomic mass is 32.2. The average molecular weight is 465 g/mol. The van der Waals surface area contributed by atoms with Gasteiger partial charge in [-0.25, -0.2) is 13.4 Å². The van der Waals surface area contributed by atoms with Gasteiger partial charge in [0.2, 0.25) is 0 Å². The molecule has 1 fully saturated rings. The molecule has 0 N–H and O–H groups in total. The number of pyridine rings is 1. The zero-order valence-electron chi connectivity index (χ0n) is 16.2. The van der Waals surface area contributed by atoms with Crippen molar-refractivity contribution in [1.82, 2.24) is 19.3 Å². The Kier molecular flexibility index (Phi) is 6.23. The normalized spacial score (nSPS) is 15.4. The van der Waals surface area contributed by atoms with Crippen LogP contribution in [0.1, 0.15) is 21.8 Å². The molecule has 0 bridgehead atoms. The highest BCUT2D eigenvalue weighted by molar-refractivity contribution is 7.98. The van der Waals surface area contributed by atoms with E-state index in [0.717, 1.165) is 11.5 Å². The topological polar surface area (TPSA) is 96.6 Å². The molecule has 0 aromatic carbocycles. The molecule has 3 aromatic rings. The van der Waals surface area contributed by atoms with Crippen molar-refractivity contribution in [1.29, 1.82) is 0 Å². The maximum atomic E-state index is 13.1. The first-order chi connectivity index (χ1) is 14.4. The smallest absolute Gasteiger partial charge is 0.256 e. The first kappa shape index (κ1) is 21.0. The lowest BCUT2D eigenvalue weighted by Gasteiger charge is -2.33. The lowest BCUT2D eigenvalue weighted by molar-refractivity contribution is 0.0693. The van der Waals surface area contributed by atoms with E-state index in [1.54, 1.807) is 40.7 Å². The number of carbonyl (C=O) groups excluding carboxylic acids is 1. The second-order valence-electron chi connectivity index (χ2n) is 6.70. The molecule has 1 amide bonds. The number of piperazine rings is 1. The predicted octanol–water partition coefficient (Wildman–Crippen LogP) is 2.88. The molecule has 4 heterocycles. The SMILES string of the molecule is Cc1cc(CSc2ncccc2C(=O)N2CCN(S(=O)(=O)c3cccs3)CC2)no1. The second kappa shape index (κ2) is 8.88. The molecule has 0 atom stereocenters. The molecule has 0 saturated carbocycles. The van der Waals surface area contributed by atoms with Crippen LogP contribution in [0, 0.1) is 6.92 Å². The van der Waals surface area contributed by atoms with Crippen LogP contribution in [-0.4, -0.2) is 59.8 Å². The van der Waals surface area contributed by atoms with Crippen molar-refractivity contribution in [3.05, 3.63) is 58.9 Å². The van der Waals surface area contributed by atoms with Crippen LogP contribution in [-0.2, 0) is 15.8 Å². The summed E-state index contributed by atoms with van der Waals surface area (Å²) in [6.45, 7) is 3.05. The van der Waals surface area contributed by atoms with Crippen molar-refractivity contribution in [3.63, 3.8) is 0 Å². The lowest BCUT2D eigenvalue weighted by atomic mass is 10.2. The maximum Gasteiger partial charge on any atom is 0.256 e. The molecule has 1 aliphatic heterocycles. The zero-order valence-corrected chi connectivity index (χ0v) is 18.7. The maximum absolute atomic E-state index is 13.1. The summed E-state index contributed by atoms with van der Waals surface area (Å²) in [6, 6.07) is 8.66. The van der Waals surface area contributed by atoms with Crippen molar-refractivity contribution in [2.24, 2.45) is 0 Å². The number of rotatable bonds is 6. The van der Waals surface area contributed by atoms with Crippen LogP contribution in [0.15, 0.2) is 55.7 Å². The highest BCUT2D eigenvalue weighted by Gasteiger charge is 2.31. The third-order valence-electron chi connectivity index (χ3n) is 4.65. The fourth-order valence-corrected chi connectivity index (χ4v) is 6.57. The summed E-state index contributed by atoms with van der Waals surface area (Å²) < 4.78 is 32.2. The summed E-state index contributed by atoms with van der Waals surface area (Å²) in [5, 5.41) is 6.33. The van der Waals surface area contributed by atoms with E-state index in [1.807, 2.05) is 13.0 Å². The minimum absolute atomic E-state index is 0.143. The number of thioether (sulfide) groups is 1. The summed E-state index contributed by atoms with van der Waals surface area (Å²) in [7, 11) is -3.50. The van der Waals surface area contributed by atoms with E-state index in [9.17, 15) is 13.2 Å². The largest absolute Gasteiger partial charge is 0.361 e. The van der Waals surface area contributed by atoms with Gasteiger partial charge in [-0.3, -0.25) is 4.79 Å². The molecule has 158 valence electrons. The third-order valence-corrected chi connectivity index (χ3v) is 8.96. The van der Waals surface area contributed by atoms with E-state index < -0.39 is 10.0 Å². The fourth-order valence-electron chi connectivity index (χ4n) is 3.14.